The van der Waals surface area contributed by atoms with E-state index in [4.69, 9.17) is 4.74 Å². The van der Waals surface area contributed by atoms with Crippen molar-refractivity contribution in [2.75, 3.05) is 7.05 Å². The highest BCUT2D eigenvalue weighted by molar-refractivity contribution is 7.89. The van der Waals surface area contributed by atoms with Crippen molar-refractivity contribution < 1.29 is 22.7 Å². The number of sulfonamides is 1. The van der Waals surface area contributed by atoms with Crippen LogP contribution in [0.25, 0.3) is 0 Å². The van der Waals surface area contributed by atoms with E-state index >= 15 is 0 Å². The molecule has 0 saturated carbocycles. The Labute approximate surface area is 158 Å². The first-order valence-electron chi connectivity index (χ1n) is 8.31. The number of hydrogen-bond acceptors (Lipinski definition) is 5. The molecule has 1 unspecified atom stereocenters. The fourth-order valence-corrected chi connectivity index (χ4v) is 3.01. The van der Waals surface area contributed by atoms with Gasteiger partial charge in [-0.1, -0.05) is 24.3 Å². The van der Waals surface area contributed by atoms with Crippen molar-refractivity contribution in [2.45, 2.75) is 31.4 Å². The third-order valence-corrected chi connectivity index (χ3v) is 5.32. The minimum Gasteiger partial charge on any atom is -0.481 e. The maximum absolute atomic E-state index is 12.2. The smallest absolute Gasteiger partial charge is 0.261 e. The normalized spacial score (nSPS) is 12.3. The summed E-state index contributed by atoms with van der Waals surface area (Å²) in [4.78, 5) is 23.8. The summed E-state index contributed by atoms with van der Waals surface area (Å²) in [7, 11) is -2.14. The molecule has 0 heterocycles. The molecule has 2 aromatic rings. The second-order valence-corrected chi connectivity index (χ2v) is 7.80. The molecule has 0 spiro atoms. The fraction of sp³-hybridized carbons (Fsp3) is 0.263. The number of amides is 1. The molecule has 0 fully saturated rings. The zero-order valence-corrected chi connectivity index (χ0v) is 16.2. The number of Topliss-reactive ketones (excluding diaryl/α,β-unsaturated/α-hetero) is 1. The number of carbonyl (C=O) groups excluding carboxylic acids is 2. The number of carbonyl (C=O) groups is 2. The Morgan fingerprint density at radius 2 is 1.78 bits per heavy atom. The van der Waals surface area contributed by atoms with Crippen LogP contribution in [-0.2, 0) is 21.4 Å². The third kappa shape index (κ3) is 5.63. The average molecular weight is 390 g/mol. The Hall–Kier alpha value is -2.71. The maximum atomic E-state index is 12.2. The highest BCUT2D eigenvalue weighted by Crippen LogP contribution is 2.15. The van der Waals surface area contributed by atoms with E-state index in [-0.39, 0.29) is 23.1 Å². The molecule has 27 heavy (non-hydrogen) atoms. The fourth-order valence-electron chi connectivity index (χ4n) is 2.28. The van der Waals surface area contributed by atoms with Crippen LogP contribution in [0.2, 0.25) is 0 Å². The van der Waals surface area contributed by atoms with E-state index in [1.54, 1.807) is 43.3 Å². The van der Waals surface area contributed by atoms with Crippen LogP contribution in [0, 0.1) is 0 Å². The molecule has 0 radical (unpaired) electrons. The highest BCUT2D eigenvalue weighted by Gasteiger charge is 2.15. The monoisotopic (exact) mass is 390 g/mol. The number of nitrogens with one attached hydrogen (secondary N) is 2. The second-order valence-electron chi connectivity index (χ2n) is 5.91. The number of ether oxygens (including phenoxy) is 1. The van der Waals surface area contributed by atoms with Crippen LogP contribution in [0.4, 0.5) is 0 Å². The Bertz CT molecular complexity index is 923. The molecule has 2 aromatic carbocycles. The van der Waals surface area contributed by atoms with Crippen LogP contribution in [0.5, 0.6) is 5.75 Å². The van der Waals surface area contributed by atoms with E-state index in [1.165, 1.54) is 26.1 Å². The summed E-state index contributed by atoms with van der Waals surface area (Å²) in [6, 6.07) is 12.8. The molecule has 2 rings (SSSR count). The summed E-state index contributed by atoms with van der Waals surface area (Å²) in [6.07, 6.45) is -0.754. The van der Waals surface area contributed by atoms with E-state index < -0.39 is 16.1 Å². The quantitative estimate of drug-likeness (QED) is 0.670. The van der Waals surface area contributed by atoms with Crippen molar-refractivity contribution in [3.8, 4) is 5.75 Å². The van der Waals surface area contributed by atoms with Gasteiger partial charge in [-0.15, -0.1) is 0 Å². The summed E-state index contributed by atoms with van der Waals surface area (Å²) >= 11 is 0. The minimum atomic E-state index is -3.49. The van der Waals surface area contributed by atoms with Crippen molar-refractivity contribution in [2.24, 2.45) is 0 Å². The molecular formula is C19H22N2O5S. The van der Waals surface area contributed by atoms with Crippen LogP contribution in [0.1, 0.15) is 29.8 Å². The Morgan fingerprint density at radius 3 is 2.37 bits per heavy atom. The van der Waals surface area contributed by atoms with Crippen molar-refractivity contribution in [1.29, 1.82) is 0 Å². The zero-order chi connectivity index (χ0) is 20.0. The lowest BCUT2D eigenvalue weighted by Gasteiger charge is -2.15. The molecule has 1 atom stereocenters. The lowest BCUT2D eigenvalue weighted by molar-refractivity contribution is -0.127. The first kappa shape index (κ1) is 20.6. The van der Waals surface area contributed by atoms with Crippen molar-refractivity contribution >= 4 is 21.7 Å². The van der Waals surface area contributed by atoms with Crippen molar-refractivity contribution in [3.63, 3.8) is 0 Å². The zero-order valence-electron chi connectivity index (χ0n) is 15.4. The van der Waals surface area contributed by atoms with E-state index in [9.17, 15) is 18.0 Å². The molecule has 1 amide bonds. The highest BCUT2D eigenvalue weighted by atomic mass is 32.2. The SMILES string of the molecule is CNS(=O)(=O)c1ccc(CNC(=O)C(C)Oc2cccc(C(C)=O)c2)cc1. The Kier molecular flexibility index (Phi) is 6.70. The van der Waals surface area contributed by atoms with Gasteiger partial charge in [-0.25, -0.2) is 13.1 Å². The molecule has 0 aliphatic rings. The summed E-state index contributed by atoms with van der Waals surface area (Å²) in [5, 5.41) is 2.73. The van der Waals surface area contributed by atoms with Crippen LogP contribution in [-0.4, -0.2) is 33.3 Å². The van der Waals surface area contributed by atoms with E-state index in [0.717, 1.165) is 5.56 Å². The van der Waals surface area contributed by atoms with Gasteiger partial charge in [0.1, 0.15) is 5.75 Å². The van der Waals surface area contributed by atoms with E-state index in [2.05, 4.69) is 10.0 Å². The van der Waals surface area contributed by atoms with E-state index in [1.807, 2.05) is 0 Å². The molecular weight excluding hydrogens is 368 g/mol. The number of rotatable bonds is 8. The summed E-state index contributed by atoms with van der Waals surface area (Å²) in [5.41, 5.74) is 1.26. The molecule has 8 heteroatoms. The van der Waals surface area contributed by atoms with Crippen LogP contribution < -0.4 is 14.8 Å². The number of benzene rings is 2. The standard InChI is InChI=1S/C19H22N2O5S/c1-13(22)16-5-4-6-17(11-16)26-14(2)19(23)21-12-15-7-9-18(10-8-15)27(24,25)20-3/h4-11,14,20H,12H2,1-3H3,(H,21,23). The first-order chi connectivity index (χ1) is 12.7. The first-order valence-corrected chi connectivity index (χ1v) is 9.79. The molecule has 0 bridgehead atoms. The molecule has 7 nitrogen and oxygen atoms in total. The van der Waals surface area contributed by atoms with Crippen LogP contribution >= 0.6 is 0 Å². The van der Waals surface area contributed by atoms with Crippen LogP contribution in [0.3, 0.4) is 0 Å². The van der Waals surface area contributed by atoms with Crippen molar-refractivity contribution in [3.05, 3.63) is 59.7 Å². The predicted molar refractivity (Wildman–Crippen MR) is 101 cm³/mol. The number of ketones is 1. The molecule has 2 N–H and O–H groups in total. The number of hydrogen-bond donors (Lipinski definition) is 2. The van der Waals surface area contributed by atoms with Crippen molar-refractivity contribution in [1.82, 2.24) is 10.0 Å². The predicted octanol–water partition coefficient (Wildman–Crippen LogP) is 1.88. The van der Waals surface area contributed by atoms with Gasteiger partial charge >= 0.3 is 0 Å². The van der Waals surface area contributed by atoms with Gasteiger partial charge in [0.2, 0.25) is 10.0 Å². The van der Waals surface area contributed by atoms with E-state index in [0.29, 0.717) is 11.3 Å². The summed E-state index contributed by atoms with van der Waals surface area (Å²) in [6.45, 7) is 3.31. The molecule has 0 aromatic heterocycles. The minimum absolute atomic E-state index is 0.0821. The summed E-state index contributed by atoms with van der Waals surface area (Å²) in [5.74, 6) is 0.0309. The Balaban J connectivity index is 1.93. The lowest BCUT2D eigenvalue weighted by atomic mass is 10.1. The van der Waals surface area contributed by atoms with Gasteiger partial charge in [0.15, 0.2) is 11.9 Å². The van der Waals surface area contributed by atoms with Gasteiger partial charge in [0.05, 0.1) is 4.90 Å². The largest absolute Gasteiger partial charge is 0.481 e. The van der Waals surface area contributed by atoms with Gasteiger partial charge in [0, 0.05) is 12.1 Å². The Morgan fingerprint density at radius 1 is 1.11 bits per heavy atom. The third-order valence-electron chi connectivity index (χ3n) is 3.89. The van der Waals surface area contributed by atoms with Gasteiger partial charge in [-0.05, 0) is 50.7 Å². The second kappa shape index (κ2) is 8.79. The van der Waals surface area contributed by atoms with Gasteiger partial charge < -0.3 is 10.1 Å². The molecule has 0 saturated heterocycles. The van der Waals surface area contributed by atoms with Gasteiger partial charge in [-0.3, -0.25) is 9.59 Å². The molecule has 0 aliphatic heterocycles. The lowest BCUT2D eigenvalue weighted by Crippen LogP contribution is -2.35. The summed E-state index contributed by atoms with van der Waals surface area (Å²) < 4.78 is 31.2. The van der Waals surface area contributed by atoms with Crippen LogP contribution in [0.15, 0.2) is 53.4 Å². The molecule has 144 valence electrons. The molecule has 0 aliphatic carbocycles. The van der Waals surface area contributed by atoms with Gasteiger partial charge in [-0.2, -0.15) is 0 Å². The maximum Gasteiger partial charge on any atom is 0.261 e. The van der Waals surface area contributed by atoms with Gasteiger partial charge in [0.25, 0.3) is 5.91 Å². The average Bonchev–Trinajstić information content (AvgIpc) is 2.66. The topological polar surface area (TPSA) is 102 Å².